The van der Waals surface area contributed by atoms with Crippen LogP contribution in [0.15, 0.2) is 45.8 Å². The van der Waals surface area contributed by atoms with E-state index in [9.17, 15) is 4.79 Å². The van der Waals surface area contributed by atoms with Gasteiger partial charge in [-0.1, -0.05) is 19.3 Å². The highest BCUT2D eigenvalue weighted by molar-refractivity contribution is 7.07. The smallest absolute Gasteiger partial charge is 0.262 e. The summed E-state index contributed by atoms with van der Waals surface area (Å²) in [4.78, 5) is 17.8. The molecular formula is C27H30N4O5S. The van der Waals surface area contributed by atoms with Gasteiger partial charge in [-0.15, -0.1) is 11.3 Å². The van der Waals surface area contributed by atoms with Gasteiger partial charge in [0.1, 0.15) is 11.5 Å². The number of nitrogens with zero attached hydrogens (tertiary/aromatic N) is 3. The first-order valence-electron chi connectivity index (χ1n) is 12.3. The zero-order valence-corrected chi connectivity index (χ0v) is 22.0. The number of hydrogen-bond donors (Lipinski definition) is 1. The summed E-state index contributed by atoms with van der Waals surface area (Å²) in [5, 5.41) is 9.78. The van der Waals surface area contributed by atoms with Crippen LogP contribution in [-0.2, 0) is 4.79 Å². The third-order valence-electron chi connectivity index (χ3n) is 6.51. The van der Waals surface area contributed by atoms with E-state index in [2.05, 4.69) is 5.32 Å². The Morgan fingerprint density at radius 3 is 2.54 bits per heavy atom. The molecule has 3 aromatic rings. The number of carbonyl (C=O) groups excluding carboxylic acids is 1. The minimum Gasteiger partial charge on any atom is -0.496 e. The summed E-state index contributed by atoms with van der Waals surface area (Å²) in [5.41, 5.74) is 3.13. The summed E-state index contributed by atoms with van der Waals surface area (Å²) in [6.07, 6.45) is 7.57. The number of aromatic nitrogens is 1. The van der Waals surface area contributed by atoms with Crippen LogP contribution in [0.4, 0.5) is 5.69 Å². The Bertz CT molecular complexity index is 1390. The summed E-state index contributed by atoms with van der Waals surface area (Å²) in [7, 11) is 4.79. The largest absolute Gasteiger partial charge is 0.496 e. The molecule has 1 saturated carbocycles. The molecule has 9 nitrogen and oxygen atoms in total. The molecule has 37 heavy (non-hydrogen) atoms. The van der Waals surface area contributed by atoms with Crippen molar-refractivity contribution in [3.63, 3.8) is 0 Å². The predicted octanol–water partition coefficient (Wildman–Crippen LogP) is 4.69. The van der Waals surface area contributed by atoms with Crippen molar-refractivity contribution in [1.82, 2.24) is 4.68 Å². The molecule has 0 spiro atoms. The van der Waals surface area contributed by atoms with Crippen LogP contribution < -0.4 is 29.1 Å². The topological polar surface area (TPSA) is 95.7 Å². The summed E-state index contributed by atoms with van der Waals surface area (Å²) in [6, 6.07) is 9.63. The average Bonchev–Trinajstić information content (AvgIpc) is 3.33. The predicted molar refractivity (Wildman–Crippen MR) is 143 cm³/mol. The molecule has 1 N–H and O–H groups in total. The van der Waals surface area contributed by atoms with Crippen LogP contribution in [0, 0.1) is 0 Å². The first-order chi connectivity index (χ1) is 18.1. The molecule has 0 radical (unpaired) electrons. The average molecular weight is 523 g/mol. The van der Waals surface area contributed by atoms with Gasteiger partial charge in [0.05, 0.1) is 45.0 Å². The van der Waals surface area contributed by atoms with Gasteiger partial charge in [0.25, 0.3) is 5.91 Å². The SMILES string of the molecule is COc1cc(OC)c(OC)cc1C=Nn1c(-c2ccc3c(c2)NC(=O)CO3)csc1=NC1CCCCC1. The maximum absolute atomic E-state index is 11.9. The van der Waals surface area contributed by atoms with Gasteiger partial charge in [0.15, 0.2) is 18.1 Å². The van der Waals surface area contributed by atoms with E-state index in [1.165, 1.54) is 19.3 Å². The Kier molecular flexibility index (Phi) is 7.45. The molecule has 1 amide bonds. The summed E-state index contributed by atoms with van der Waals surface area (Å²) < 4.78 is 23.9. The number of ether oxygens (including phenoxy) is 4. The lowest BCUT2D eigenvalue weighted by Crippen LogP contribution is -2.25. The number of amides is 1. The lowest BCUT2D eigenvalue weighted by molar-refractivity contribution is -0.118. The van der Waals surface area contributed by atoms with Crippen LogP contribution in [0.25, 0.3) is 11.3 Å². The number of rotatable bonds is 7. The Labute approximate surface area is 219 Å². The van der Waals surface area contributed by atoms with E-state index in [1.54, 1.807) is 44.9 Å². The molecule has 1 aliphatic carbocycles. The maximum atomic E-state index is 11.9. The van der Waals surface area contributed by atoms with Crippen molar-refractivity contribution in [3.8, 4) is 34.3 Å². The maximum Gasteiger partial charge on any atom is 0.262 e. The lowest BCUT2D eigenvalue weighted by Gasteiger charge is -2.18. The number of methoxy groups -OCH3 is 3. The first kappa shape index (κ1) is 24.9. The first-order valence-corrected chi connectivity index (χ1v) is 13.1. The van der Waals surface area contributed by atoms with Gasteiger partial charge in [-0.05, 0) is 37.1 Å². The van der Waals surface area contributed by atoms with Crippen LogP contribution >= 0.6 is 11.3 Å². The van der Waals surface area contributed by atoms with Gasteiger partial charge >= 0.3 is 0 Å². The minimum absolute atomic E-state index is 0.0205. The Morgan fingerprint density at radius 1 is 1.03 bits per heavy atom. The van der Waals surface area contributed by atoms with Gasteiger partial charge in [-0.2, -0.15) is 5.10 Å². The third-order valence-corrected chi connectivity index (χ3v) is 7.34. The molecule has 1 fully saturated rings. The number of carbonyl (C=O) groups is 1. The molecule has 5 rings (SSSR count). The molecule has 2 aliphatic rings. The molecule has 2 aromatic carbocycles. The molecule has 1 aromatic heterocycles. The zero-order chi connectivity index (χ0) is 25.8. The minimum atomic E-state index is -0.172. The number of hydrogen-bond acceptors (Lipinski definition) is 8. The standard InChI is InChI=1S/C27H30N4O5S/c1-33-23-13-25(35-3)24(34-2)12-18(23)14-28-31-21(16-37-27(31)29-19-7-5-4-6-8-19)17-9-10-22-20(11-17)30-26(32)15-36-22/h9-14,16,19H,4-8,15H2,1-3H3,(H,30,32). The summed E-state index contributed by atoms with van der Waals surface area (Å²) in [5.74, 6) is 2.24. The molecule has 0 unspecified atom stereocenters. The molecule has 0 atom stereocenters. The third kappa shape index (κ3) is 5.34. The fourth-order valence-corrected chi connectivity index (χ4v) is 5.49. The molecule has 1 aliphatic heterocycles. The van der Waals surface area contributed by atoms with Crippen molar-refractivity contribution in [1.29, 1.82) is 0 Å². The number of nitrogens with one attached hydrogen (secondary N) is 1. The highest BCUT2D eigenvalue weighted by atomic mass is 32.1. The van der Waals surface area contributed by atoms with E-state index in [-0.39, 0.29) is 18.6 Å². The van der Waals surface area contributed by atoms with Gasteiger partial charge in [0.2, 0.25) is 4.80 Å². The van der Waals surface area contributed by atoms with E-state index in [1.807, 2.05) is 34.3 Å². The van der Waals surface area contributed by atoms with Crippen molar-refractivity contribution < 1.29 is 23.7 Å². The van der Waals surface area contributed by atoms with Crippen molar-refractivity contribution in [3.05, 3.63) is 46.1 Å². The number of anilines is 1. The van der Waals surface area contributed by atoms with Crippen molar-refractivity contribution in [2.24, 2.45) is 10.1 Å². The van der Waals surface area contributed by atoms with Crippen LogP contribution in [0.3, 0.4) is 0 Å². The fraction of sp³-hybridized carbons (Fsp3) is 0.370. The highest BCUT2D eigenvalue weighted by Gasteiger charge is 2.19. The second-order valence-corrected chi connectivity index (χ2v) is 9.71. The molecule has 10 heteroatoms. The lowest BCUT2D eigenvalue weighted by atomic mass is 9.96. The van der Waals surface area contributed by atoms with Crippen LogP contribution in [0.2, 0.25) is 0 Å². The second-order valence-electron chi connectivity index (χ2n) is 8.88. The van der Waals surface area contributed by atoms with Crippen LogP contribution in [0.1, 0.15) is 37.7 Å². The van der Waals surface area contributed by atoms with E-state index in [4.69, 9.17) is 29.0 Å². The second kappa shape index (κ2) is 11.1. The van der Waals surface area contributed by atoms with E-state index in [0.717, 1.165) is 34.5 Å². The van der Waals surface area contributed by atoms with Gasteiger partial charge in [0, 0.05) is 22.6 Å². The monoisotopic (exact) mass is 522 g/mol. The van der Waals surface area contributed by atoms with Crippen molar-refractivity contribution in [2.45, 2.75) is 38.1 Å². The normalized spacial score (nSPS) is 16.3. The van der Waals surface area contributed by atoms with Crippen LogP contribution in [0.5, 0.6) is 23.0 Å². The number of thiazole rings is 1. The zero-order valence-electron chi connectivity index (χ0n) is 21.2. The molecule has 0 bridgehead atoms. The molecule has 0 saturated heterocycles. The molecular weight excluding hydrogens is 492 g/mol. The Hall–Kier alpha value is -3.79. The number of fused-ring (bicyclic) bond motifs is 1. The summed E-state index contributed by atoms with van der Waals surface area (Å²) in [6.45, 7) is 0.0205. The molecule has 2 heterocycles. The Morgan fingerprint density at radius 2 is 1.78 bits per heavy atom. The van der Waals surface area contributed by atoms with Crippen LogP contribution in [-0.4, -0.2) is 50.8 Å². The Balaban J connectivity index is 1.60. The van der Waals surface area contributed by atoms with Crippen molar-refractivity contribution >= 4 is 29.1 Å². The van der Waals surface area contributed by atoms with Gasteiger partial charge in [-0.25, -0.2) is 4.68 Å². The van der Waals surface area contributed by atoms with E-state index >= 15 is 0 Å². The number of benzene rings is 2. The van der Waals surface area contributed by atoms with Crippen molar-refractivity contribution in [2.75, 3.05) is 33.3 Å². The highest BCUT2D eigenvalue weighted by Crippen LogP contribution is 2.35. The van der Waals surface area contributed by atoms with Gasteiger partial charge in [-0.3, -0.25) is 9.79 Å². The van der Waals surface area contributed by atoms with E-state index in [0.29, 0.717) is 28.7 Å². The quantitative estimate of drug-likeness (QED) is 0.454. The molecule has 194 valence electrons. The van der Waals surface area contributed by atoms with Gasteiger partial charge < -0.3 is 24.3 Å². The fourth-order valence-electron chi connectivity index (χ4n) is 4.58. The van der Waals surface area contributed by atoms with E-state index < -0.39 is 0 Å². The summed E-state index contributed by atoms with van der Waals surface area (Å²) >= 11 is 1.55.